The molecule has 2 aliphatic rings. The van der Waals surface area contributed by atoms with E-state index < -0.39 is 0 Å². The fourth-order valence-electron chi connectivity index (χ4n) is 3.89. The number of carbonyl (C=O) groups is 2. The van der Waals surface area contributed by atoms with Gasteiger partial charge in [0.15, 0.2) is 0 Å². The van der Waals surface area contributed by atoms with Crippen molar-refractivity contribution in [1.29, 1.82) is 0 Å². The Morgan fingerprint density at radius 1 is 1.32 bits per heavy atom. The van der Waals surface area contributed by atoms with Crippen molar-refractivity contribution >= 4 is 28.5 Å². The predicted octanol–water partition coefficient (Wildman–Crippen LogP) is 1.94. The van der Waals surface area contributed by atoms with Crippen molar-refractivity contribution in [2.24, 2.45) is 7.05 Å². The van der Waals surface area contributed by atoms with E-state index in [1.54, 1.807) is 6.07 Å². The number of rotatable bonds is 6. The molecule has 2 N–H and O–H groups in total. The second-order valence-corrected chi connectivity index (χ2v) is 7.56. The molecule has 0 bridgehead atoms. The number of nitrogens with one attached hydrogen (secondary N) is 2. The number of methoxy groups -OCH3 is 1. The Bertz CT molecular complexity index is 897. The van der Waals surface area contributed by atoms with Gasteiger partial charge >= 0.3 is 0 Å². The third-order valence-corrected chi connectivity index (χ3v) is 5.54. The van der Waals surface area contributed by atoms with E-state index in [1.807, 2.05) is 17.7 Å². The molecule has 2 aromatic rings. The number of nitrogens with zero attached hydrogens (tertiary/aromatic N) is 2. The normalized spacial score (nSPS) is 19.6. The quantitative estimate of drug-likeness (QED) is 0.791. The first kappa shape index (κ1) is 18.9. The highest BCUT2D eigenvalue weighted by molar-refractivity contribution is 6.08. The maximum Gasteiger partial charge on any atom is 0.253 e. The van der Waals surface area contributed by atoms with Gasteiger partial charge in [-0.25, -0.2) is 4.98 Å². The van der Waals surface area contributed by atoms with Gasteiger partial charge in [0.2, 0.25) is 5.91 Å². The molecule has 28 heavy (non-hydrogen) atoms. The molecular weight excluding hydrogens is 360 g/mol. The summed E-state index contributed by atoms with van der Waals surface area (Å²) in [5.74, 6) is 0.988. The zero-order valence-corrected chi connectivity index (χ0v) is 16.3. The molecule has 150 valence electrons. The Morgan fingerprint density at radius 2 is 2.14 bits per heavy atom. The lowest BCUT2D eigenvalue weighted by Crippen LogP contribution is -2.35. The maximum atomic E-state index is 13.0. The van der Waals surface area contributed by atoms with E-state index in [0.29, 0.717) is 35.9 Å². The molecule has 2 heterocycles. The number of anilines is 1. The minimum Gasteiger partial charge on any atom is -0.379 e. The summed E-state index contributed by atoms with van der Waals surface area (Å²) >= 11 is 0. The molecule has 1 aliphatic heterocycles. The van der Waals surface area contributed by atoms with Crippen LogP contribution in [0.5, 0.6) is 0 Å². The molecule has 1 aromatic carbocycles. The summed E-state index contributed by atoms with van der Waals surface area (Å²) in [5, 5.41) is 5.84. The first-order valence-corrected chi connectivity index (χ1v) is 9.74. The monoisotopic (exact) mass is 386 g/mol. The zero-order chi connectivity index (χ0) is 19.7. The maximum absolute atomic E-state index is 13.0. The van der Waals surface area contributed by atoms with Crippen LogP contribution in [-0.2, 0) is 21.3 Å². The van der Waals surface area contributed by atoms with Gasteiger partial charge in [0, 0.05) is 32.4 Å². The fraction of sp³-hybridized carbons (Fsp3) is 0.550. The highest BCUT2D eigenvalue weighted by Crippen LogP contribution is 2.37. The number of aryl methyl sites for hydroxylation is 1. The lowest BCUT2D eigenvalue weighted by Gasteiger charge is -2.24. The van der Waals surface area contributed by atoms with Crippen molar-refractivity contribution < 1.29 is 19.1 Å². The van der Waals surface area contributed by atoms with E-state index in [2.05, 4.69) is 10.6 Å². The smallest absolute Gasteiger partial charge is 0.253 e. The lowest BCUT2D eigenvalue weighted by molar-refractivity contribution is -0.119. The van der Waals surface area contributed by atoms with Crippen LogP contribution in [0.15, 0.2) is 12.1 Å². The minimum atomic E-state index is -0.271. The molecule has 1 aromatic heterocycles. The average Bonchev–Trinajstić information content (AvgIpc) is 3.22. The molecule has 2 fully saturated rings. The van der Waals surface area contributed by atoms with Gasteiger partial charge in [-0.1, -0.05) is 6.42 Å². The number of amides is 2. The van der Waals surface area contributed by atoms with E-state index in [4.69, 9.17) is 14.5 Å². The van der Waals surface area contributed by atoms with E-state index >= 15 is 0 Å². The predicted molar refractivity (Wildman–Crippen MR) is 105 cm³/mol. The van der Waals surface area contributed by atoms with Crippen molar-refractivity contribution in [1.82, 2.24) is 14.9 Å². The number of carbonyl (C=O) groups excluding carboxylic acids is 2. The number of benzene rings is 1. The van der Waals surface area contributed by atoms with Gasteiger partial charge in [0.1, 0.15) is 12.4 Å². The summed E-state index contributed by atoms with van der Waals surface area (Å²) in [6.45, 7) is 1.14. The average molecular weight is 386 g/mol. The molecule has 4 rings (SSSR count). The number of ether oxygens (including phenoxy) is 2. The van der Waals surface area contributed by atoms with Crippen LogP contribution in [0.4, 0.5) is 5.69 Å². The number of fused-ring (bicyclic) bond motifs is 1. The van der Waals surface area contributed by atoms with Crippen LogP contribution in [0.2, 0.25) is 0 Å². The Kier molecular flexibility index (Phi) is 5.32. The van der Waals surface area contributed by atoms with Gasteiger partial charge in [-0.15, -0.1) is 0 Å². The summed E-state index contributed by atoms with van der Waals surface area (Å²) < 4.78 is 12.3. The third kappa shape index (κ3) is 3.62. The summed E-state index contributed by atoms with van der Waals surface area (Å²) in [6.07, 6.45) is 4.25. The molecule has 8 heteroatoms. The SMILES string of the molecule is COCC(=O)Nc1cc(C(=O)N[C@@H]2CCOC2)c2c(c1)nc(C1CCC1)n2C. The topological polar surface area (TPSA) is 94.5 Å². The Hall–Kier alpha value is -2.45. The minimum absolute atomic E-state index is 0.00798. The van der Waals surface area contributed by atoms with Gasteiger partial charge < -0.3 is 24.7 Å². The molecule has 1 saturated carbocycles. The summed E-state index contributed by atoms with van der Waals surface area (Å²) in [7, 11) is 3.43. The molecule has 0 spiro atoms. The summed E-state index contributed by atoms with van der Waals surface area (Å²) in [5.41, 5.74) is 2.56. The van der Waals surface area contributed by atoms with Gasteiger partial charge in [0.05, 0.1) is 29.2 Å². The number of aromatic nitrogens is 2. The molecule has 0 radical (unpaired) electrons. The molecule has 1 saturated heterocycles. The van der Waals surface area contributed by atoms with E-state index in [9.17, 15) is 9.59 Å². The van der Waals surface area contributed by atoms with Crippen LogP contribution in [0.3, 0.4) is 0 Å². The van der Waals surface area contributed by atoms with E-state index in [0.717, 1.165) is 30.6 Å². The largest absolute Gasteiger partial charge is 0.379 e. The highest BCUT2D eigenvalue weighted by Gasteiger charge is 2.28. The number of hydrogen-bond acceptors (Lipinski definition) is 5. The first-order valence-electron chi connectivity index (χ1n) is 9.74. The molecule has 1 aliphatic carbocycles. The van der Waals surface area contributed by atoms with Gasteiger partial charge in [-0.05, 0) is 31.4 Å². The lowest BCUT2D eigenvalue weighted by atomic mass is 9.85. The van der Waals surface area contributed by atoms with Gasteiger partial charge in [-0.3, -0.25) is 9.59 Å². The van der Waals surface area contributed by atoms with Crippen LogP contribution in [0, 0.1) is 0 Å². The van der Waals surface area contributed by atoms with Crippen LogP contribution < -0.4 is 10.6 Å². The Morgan fingerprint density at radius 3 is 2.79 bits per heavy atom. The van der Waals surface area contributed by atoms with Crippen LogP contribution in [0.1, 0.15) is 47.8 Å². The van der Waals surface area contributed by atoms with Crippen LogP contribution in [0.25, 0.3) is 11.0 Å². The molecule has 2 amide bonds. The van der Waals surface area contributed by atoms with E-state index in [-0.39, 0.29) is 24.5 Å². The zero-order valence-electron chi connectivity index (χ0n) is 16.3. The van der Waals surface area contributed by atoms with Crippen LogP contribution >= 0.6 is 0 Å². The molecule has 8 nitrogen and oxygen atoms in total. The third-order valence-electron chi connectivity index (χ3n) is 5.54. The van der Waals surface area contributed by atoms with Gasteiger partial charge in [-0.2, -0.15) is 0 Å². The van der Waals surface area contributed by atoms with Crippen molar-refractivity contribution in [2.45, 2.75) is 37.6 Å². The molecule has 1 atom stereocenters. The summed E-state index contributed by atoms with van der Waals surface area (Å²) in [4.78, 5) is 29.8. The second kappa shape index (κ2) is 7.89. The Labute approximate surface area is 163 Å². The standard InChI is InChI=1S/C20H26N4O4/c1-24-18-15(20(26)22-13-6-7-28-10-13)8-14(21-17(25)11-27-2)9-16(18)23-19(24)12-4-3-5-12/h8-9,12-13H,3-7,10-11H2,1-2H3,(H,21,25)(H,22,26)/t13-/m1/s1. The molecule has 0 unspecified atom stereocenters. The first-order chi connectivity index (χ1) is 13.6. The summed E-state index contributed by atoms with van der Waals surface area (Å²) in [6, 6.07) is 3.54. The van der Waals surface area contributed by atoms with Gasteiger partial charge in [0.25, 0.3) is 5.91 Å². The number of imidazole rings is 1. The van der Waals surface area contributed by atoms with Crippen LogP contribution in [-0.4, -0.2) is 54.3 Å². The van der Waals surface area contributed by atoms with E-state index in [1.165, 1.54) is 13.5 Å². The second-order valence-electron chi connectivity index (χ2n) is 7.56. The van der Waals surface area contributed by atoms with Crippen molar-refractivity contribution in [3.05, 3.63) is 23.5 Å². The molecular formula is C20H26N4O4. The Balaban J connectivity index is 1.73. The van der Waals surface area contributed by atoms with Crippen molar-refractivity contribution in [3.8, 4) is 0 Å². The number of hydrogen-bond donors (Lipinski definition) is 2. The van der Waals surface area contributed by atoms with Crippen molar-refractivity contribution in [2.75, 3.05) is 32.2 Å². The fourth-order valence-corrected chi connectivity index (χ4v) is 3.89. The van der Waals surface area contributed by atoms with Crippen molar-refractivity contribution in [3.63, 3.8) is 0 Å². The highest BCUT2D eigenvalue weighted by atomic mass is 16.5.